The number of nitrogens with zero attached hydrogens (tertiary/aromatic N) is 1. The highest BCUT2D eigenvalue weighted by Crippen LogP contribution is 2.19. The number of amides is 1. The predicted octanol–water partition coefficient (Wildman–Crippen LogP) is 3.39. The van der Waals surface area contributed by atoms with E-state index in [-0.39, 0.29) is 31.4 Å². The first-order valence-corrected chi connectivity index (χ1v) is 10.7. The second-order valence-electron chi connectivity index (χ2n) is 6.98. The van der Waals surface area contributed by atoms with Crippen LogP contribution in [-0.4, -0.2) is 41.1 Å². The van der Waals surface area contributed by atoms with Gasteiger partial charge in [0, 0.05) is 40.5 Å². The number of aliphatic hydroxyl groups excluding tert-OH is 1. The highest BCUT2D eigenvalue weighted by Gasteiger charge is 2.16. The van der Waals surface area contributed by atoms with Crippen LogP contribution in [0.5, 0.6) is 5.75 Å². The van der Waals surface area contributed by atoms with Gasteiger partial charge in [0.1, 0.15) is 5.75 Å². The van der Waals surface area contributed by atoms with E-state index < -0.39 is 0 Å². The number of aromatic nitrogens is 1. The van der Waals surface area contributed by atoms with Gasteiger partial charge >= 0.3 is 0 Å². The van der Waals surface area contributed by atoms with Gasteiger partial charge in [-0.3, -0.25) is 9.59 Å². The van der Waals surface area contributed by atoms with E-state index >= 15 is 0 Å². The Balaban J connectivity index is 1.58. The van der Waals surface area contributed by atoms with Crippen molar-refractivity contribution in [2.75, 3.05) is 19.8 Å². The van der Waals surface area contributed by atoms with Gasteiger partial charge in [0.25, 0.3) is 5.91 Å². The Morgan fingerprint density at radius 1 is 1.17 bits per heavy atom. The van der Waals surface area contributed by atoms with Gasteiger partial charge in [-0.15, -0.1) is 11.3 Å². The second kappa shape index (κ2) is 10.2. The Hall–Kier alpha value is -2.90. The molecule has 30 heavy (non-hydrogen) atoms. The summed E-state index contributed by atoms with van der Waals surface area (Å²) in [4.78, 5) is 25.9. The van der Waals surface area contributed by atoms with Crippen LogP contribution in [0, 0.1) is 13.8 Å². The summed E-state index contributed by atoms with van der Waals surface area (Å²) >= 11 is 1.74. The van der Waals surface area contributed by atoms with Crippen molar-refractivity contribution in [1.82, 2.24) is 9.88 Å². The van der Waals surface area contributed by atoms with Crippen molar-refractivity contribution in [3.8, 4) is 5.75 Å². The van der Waals surface area contributed by atoms with Crippen molar-refractivity contribution < 1.29 is 19.4 Å². The number of hydrogen-bond acceptors (Lipinski definition) is 5. The van der Waals surface area contributed by atoms with Gasteiger partial charge in [0.2, 0.25) is 5.78 Å². The first-order chi connectivity index (χ1) is 14.5. The number of ether oxygens (including phenoxy) is 1. The lowest BCUT2D eigenvalue weighted by Crippen LogP contribution is -2.26. The topological polar surface area (TPSA) is 80.6 Å². The van der Waals surface area contributed by atoms with E-state index in [0.29, 0.717) is 16.9 Å². The number of rotatable bonds is 10. The van der Waals surface area contributed by atoms with E-state index in [9.17, 15) is 9.59 Å². The van der Waals surface area contributed by atoms with Crippen LogP contribution >= 0.6 is 11.3 Å². The molecule has 0 radical (unpaired) electrons. The number of carbonyl (C=O) groups is 2. The molecule has 2 heterocycles. The van der Waals surface area contributed by atoms with Crippen molar-refractivity contribution >= 4 is 23.0 Å². The molecule has 1 amide bonds. The molecule has 3 rings (SSSR count). The molecule has 2 N–H and O–H groups in total. The molecule has 0 unspecified atom stereocenters. The summed E-state index contributed by atoms with van der Waals surface area (Å²) in [5.74, 6) is 0.186. The predicted molar refractivity (Wildman–Crippen MR) is 118 cm³/mol. The van der Waals surface area contributed by atoms with Crippen molar-refractivity contribution in [2.45, 2.75) is 26.8 Å². The summed E-state index contributed by atoms with van der Waals surface area (Å²) in [7, 11) is 0. The van der Waals surface area contributed by atoms with Crippen LogP contribution in [0.3, 0.4) is 0 Å². The summed E-state index contributed by atoms with van der Waals surface area (Å²) in [6, 6.07) is 12.7. The van der Waals surface area contributed by atoms with Gasteiger partial charge in [-0.1, -0.05) is 6.07 Å². The van der Waals surface area contributed by atoms with Gasteiger partial charge in [0.05, 0.1) is 6.61 Å². The van der Waals surface area contributed by atoms with Crippen LogP contribution in [0.15, 0.2) is 47.8 Å². The third-order valence-electron chi connectivity index (χ3n) is 4.92. The molecule has 0 aliphatic rings. The minimum Gasteiger partial charge on any atom is -0.485 e. The Kier molecular flexibility index (Phi) is 7.43. The van der Waals surface area contributed by atoms with Crippen LogP contribution in [0.1, 0.15) is 37.0 Å². The molecule has 0 fully saturated rings. The van der Waals surface area contributed by atoms with Gasteiger partial charge in [-0.25, -0.2) is 0 Å². The summed E-state index contributed by atoms with van der Waals surface area (Å²) in [6.45, 7) is 4.85. The van der Waals surface area contributed by atoms with E-state index in [0.717, 1.165) is 24.4 Å². The first kappa shape index (κ1) is 21.8. The Bertz CT molecular complexity index is 991. The SMILES string of the molecule is Cc1cc(C(=O)COc2ccc(C(=O)NCCO)cc2)c(C)n1CCc1cccs1. The van der Waals surface area contributed by atoms with E-state index in [1.165, 1.54) is 4.88 Å². The number of thiophene rings is 1. The van der Waals surface area contributed by atoms with Gasteiger partial charge in [-0.05, 0) is 62.0 Å². The molecule has 1 aromatic carbocycles. The van der Waals surface area contributed by atoms with Crippen LogP contribution in [0.25, 0.3) is 0 Å². The van der Waals surface area contributed by atoms with E-state index in [1.54, 1.807) is 35.6 Å². The molecule has 6 nitrogen and oxygen atoms in total. The monoisotopic (exact) mass is 426 g/mol. The fourth-order valence-corrected chi connectivity index (χ4v) is 4.00. The van der Waals surface area contributed by atoms with Crippen molar-refractivity contribution in [2.24, 2.45) is 0 Å². The van der Waals surface area contributed by atoms with Gasteiger partial charge in [0.15, 0.2) is 6.61 Å². The number of ketones is 1. The standard InChI is InChI=1S/C23H26N2O4S/c1-16-14-21(17(2)25(16)11-9-20-4-3-13-30-20)22(27)15-29-19-7-5-18(6-8-19)23(28)24-10-12-26/h3-8,13-14,26H,9-12,15H2,1-2H3,(H,24,28). The van der Waals surface area contributed by atoms with E-state index in [1.807, 2.05) is 19.9 Å². The third-order valence-corrected chi connectivity index (χ3v) is 5.86. The zero-order valence-corrected chi connectivity index (χ0v) is 18.0. The lowest BCUT2D eigenvalue weighted by Gasteiger charge is -2.10. The zero-order chi connectivity index (χ0) is 21.5. The third kappa shape index (κ3) is 5.37. The van der Waals surface area contributed by atoms with Crippen LogP contribution in [-0.2, 0) is 13.0 Å². The molecule has 3 aromatic rings. The molecular formula is C23H26N2O4S. The van der Waals surface area contributed by atoms with E-state index in [4.69, 9.17) is 9.84 Å². The lowest BCUT2D eigenvalue weighted by atomic mass is 10.1. The second-order valence-corrected chi connectivity index (χ2v) is 8.01. The Morgan fingerprint density at radius 2 is 1.93 bits per heavy atom. The molecular weight excluding hydrogens is 400 g/mol. The highest BCUT2D eigenvalue weighted by atomic mass is 32.1. The van der Waals surface area contributed by atoms with Crippen LogP contribution in [0.4, 0.5) is 0 Å². The number of aliphatic hydroxyl groups is 1. The largest absolute Gasteiger partial charge is 0.485 e. The normalized spacial score (nSPS) is 10.8. The minimum absolute atomic E-state index is 0.0642. The van der Waals surface area contributed by atoms with Crippen LogP contribution in [0.2, 0.25) is 0 Å². The molecule has 0 spiro atoms. The summed E-state index contributed by atoms with van der Waals surface area (Å²) in [5.41, 5.74) is 3.16. The number of Topliss-reactive ketones (excluding diaryl/α,β-unsaturated/α-hetero) is 1. The summed E-state index contributed by atoms with van der Waals surface area (Å²) in [6.07, 6.45) is 0.941. The average Bonchev–Trinajstić information content (AvgIpc) is 3.37. The van der Waals surface area contributed by atoms with Gasteiger partial charge in [-0.2, -0.15) is 0 Å². The summed E-state index contributed by atoms with van der Waals surface area (Å²) in [5, 5.41) is 13.4. The number of aryl methyl sites for hydroxylation is 2. The smallest absolute Gasteiger partial charge is 0.251 e. The van der Waals surface area contributed by atoms with Gasteiger partial charge < -0.3 is 19.7 Å². The first-order valence-electron chi connectivity index (χ1n) is 9.84. The maximum atomic E-state index is 12.7. The highest BCUT2D eigenvalue weighted by molar-refractivity contribution is 7.09. The number of benzene rings is 1. The lowest BCUT2D eigenvalue weighted by molar-refractivity contribution is 0.0917. The quantitative estimate of drug-likeness (QED) is 0.487. The average molecular weight is 427 g/mol. The summed E-state index contributed by atoms with van der Waals surface area (Å²) < 4.78 is 7.81. The Labute approximate surface area is 180 Å². The molecule has 0 atom stereocenters. The molecule has 0 aliphatic carbocycles. The minimum atomic E-state index is -0.262. The van der Waals surface area contributed by atoms with Crippen LogP contribution < -0.4 is 10.1 Å². The Morgan fingerprint density at radius 3 is 2.60 bits per heavy atom. The molecule has 0 bridgehead atoms. The molecule has 0 saturated heterocycles. The van der Waals surface area contributed by atoms with Crippen molar-refractivity contribution in [1.29, 1.82) is 0 Å². The zero-order valence-electron chi connectivity index (χ0n) is 17.2. The maximum Gasteiger partial charge on any atom is 0.251 e. The molecule has 2 aromatic heterocycles. The number of carbonyl (C=O) groups excluding carboxylic acids is 2. The molecule has 7 heteroatoms. The molecule has 0 aliphatic heterocycles. The number of hydrogen-bond donors (Lipinski definition) is 2. The molecule has 0 saturated carbocycles. The number of nitrogens with one attached hydrogen (secondary N) is 1. The fraction of sp³-hybridized carbons (Fsp3) is 0.304. The maximum absolute atomic E-state index is 12.7. The van der Waals surface area contributed by atoms with E-state index in [2.05, 4.69) is 27.4 Å². The van der Waals surface area contributed by atoms with Crippen molar-refractivity contribution in [3.63, 3.8) is 0 Å². The van der Waals surface area contributed by atoms with Crippen molar-refractivity contribution in [3.05, 3.63) is 75.2 Å². The molecule has 158 valence electrons. The fourth-order valence-electron chi connectivity index (χ4n) is 3.30.